The van der Waals surface area contributed by atoms with Crippen molar-refractivity contribution >= 4 is 27.0 Å². The molecule has 16 heavy (non-hydrogen) atoms. The Kier molecular flexibility index (Phi) is 2.71. The minimum absolute atomic E-state index is 0.160. The molecule has 0 radical (unpaired) electrons. The van der Waals surface area contributed by atoms with Gasteiger partial charge in [0, 0.05) is 6.54 Å². The van der Waals surface area contributed by atoms with Crippen LogP contribution in [0.15, 0.2) is 12.7 Å². The van der Waals surface area contributed by atoms with Gasteiger partial charge in [0.2, 0.25) is 10.0 Å². The molecule has 2 heterocycles. The van der Waals surface area contributed by atoms with E-state index in [9.17, 15) is 8.42 Å². The van der Waals surface area contributed by atoms with Crippen LogP contribution in [0.25, 0.3) is 11.2 Å². The molecule has 0 saturated carbocycles. The van der Waals surface area contributed by atoms with Gasteiger partial charge < -0.3 is 10.3 Å². The fourth-order valence-electron chi connectivity index (χ4n) is 1.21. The zero-order chi connectivity index (χ0) is 11.6. The van der Waals surface area contributed by atoms with Crippen LogP contribution in [0.4, 0.5) is 5.82 Å². The van der Waals surface area contributed by atoms with Gasteiger partial charge in [-0.05, 0) is 0 Å². The lowest BCUT2D eigenvalue weighted by molar-refractivity contribution is 0.598. The summed E-state index contributed by atoms with van der Waals surface area (Å²) in [5, 5.41) is 7.72. The standard InChI is InChI=1S/C7H10N6O2S/c8-16(14,15)2-1-9-6-5-7(11-3-10-5)13-4-12-6/h3-4H,1-2H2,(H2,8,14,15)(H2,9,10,11,12,13). The summed E-state index contributed by atoms with van der Waals surface area (Å²) >= 11 is 0. The molecule has 86 valence electrons. The number of sulfonamides is 1. The Morgan fingerprint density at radius 2 is 2.19 bits per heavy atom. The molecule has 0 amide bonds. The van der Waals surface area contributed by atoms with Crippen molar-refractivity contribution in [1.29, 1.82) is 0 Å². The molecule has 0 atom stereocenters. The summed E-state index contributed by atoms with van der Waals surface area (Å²) in [7, 11) is -3.47. The minimum atomic E-state index is -3.47. The molecule has 0 aliphatic rings. The number of nitrogens with zero attached hydrogens (tertiary/aromatic N) is 3. The van der Waals surface area contributed by atoms with Gasteiger partial charge in [0.1, 0.15) is 11.8 Å². The second-order valence-corrected chi connectivity index (χ2v) is 4.85. The van der Waals surface area contributed by atoms with Crippen molar-refractivity contribution in [3.05, 3.63) is 12.7 Å². The molecule has 8 nitrogen and oxygen atoms in total. The van der Waals surface area contributed by atoms with Crippen molar-refractivity contribution < 1.29 is 8.42 Å². The number of fused-ring (bicyclic) bond motifs is 1. The monoisotopic (exact) mass is 242 g/mol. The fourth-order valence-corrected chi connectivity index (χ4v) is 1.60. The number of rotatable bonds is 4. The van der Waals surface area contributed by atoms with E-state index in [1.165, 1.54) is 12.7 Å². The fraction of sp³-hybridized carbons (Fsp3) is 0.286. The Morgan fingerprint density at radius 1 is 1.38 bits per heavy atom. The zero-order valence-electron chi connectivity index (χ0n) is 8.21. The Labute approximate surface area is 91.4 Å². The molecule has 0 saturated heterocycles. The molecule has 9 heteroatoms. The highest BCUT2D eigenvalue weighted by Crippen LogP contribution is 2.13. The first-order valence-electron chi connectivity index (χ1n) is 4.45. The van der Waals surface area contributed by atoms with E-state index in [1.54, 1.807) is 0 Å². The summed E-state index contributed by atoms with van der Waals surface area (Å²) in [6, 6.07) is 0. The van der Waals surface area contributed by atoms with Gasteiger partial charge in [-0.15, -0.1) is 0 Å². The predicted octanol–water partition coefficient (Wildman–Crippen LogP) is -0.947. The second kappa shape index (κ2) is 4.02. The summed E-state index contributed by atoms with van der Waals surface area (Å²) < 4.78 is 21.4. The summed E-state index contributed by atoms with van der Waals surface area (Å²) in [4.78, 5) is 14.7. The molecule has 0 aliphatic carbocycles. The maximum Gasteiger partial charge on any atom is 0.210 e. The number of aromatic amines is 1. The highest BCUT2D eigenvalue weighted by Gasteiger charge is 2.06. The molecule has 0 aromatic carbocycles. The third-order valence-electron chi connectivity index (χ3n) is 1.90. The molecular weight excluding hydrogens is 232 g/mol. The van der Waals surface area contributed by atoms with Gasteiger partial charge in [-0.3, -0.25) is 0 Å². The predicted molar refractivity (Wildman–Crippen MR) is 58.1 cm³/mol. The third-order valence-corrected chi connectivity index (χ3v) is 2.68. The number of primary sulfonamides is 1. The van der Waals surface area contributed by atoms with Crippen molar-refractivity contribution in [3.63, 3.8) is 0 Å². The first-order valence-corrected chi connectivity index (χ1v) is 6.16. The van der Waals surface area contributed by atoms with Gasteiger partial charge in [0.05, 0.1) is 12.1 Å². The Morgan fingerprint density at radius 3 is 2.94 bits per heavy atom. The van der Waals surface area contributed by atoms with Crippen molar-refractivity contribution in [1.82, 2.24) is 19.9 Å². The molecular formula is C7H10N6O2S. The number of hydrogen-bond donors (Lipinski definition) is 3. The lowest BCUT2D eigenvalue weighted by Crippen LogP contribution is -2.22. The quantitative estimate of drug-likeness (QED) is 0.634. The number of nitrogens with one attached hydrogen (secondary N) is 2. The number of anilines is 1. The first-order chi connectivity index (χ1) is 7.56. The second-order valence-electron chi connectivity index (χ2n) is 3.12. The van der Waals surface area contributed by atoms with Crippen LogP contribution in [0.1, 0.15) is 0 Å². The average Bonchev–Trinajstić information content (AvgIpc) is 2.64. The molecule has 0 aliphatic heterocycles. The van der Waals surface area contributed by atoms with Gasteiger partial charge in [0.15, 0.2) is 11.5 Å². The van der Waals surface area contributed by atoms with Gasteiger partial charge in [0.25, 0.3) is 0 Å². The number of hydrogen-bond acceptors (Lipinski definition) is 6. The average molecular weight is 242 g/mol. The van der Waals surface area contributed by atoms with Gasteiger partial charge in [-0.25, -0.2) is 28.5 Å². The number of nitrogens with two attached hydrogens (primary N) is 1. The Balaban J connectivity index is 2.12. The molecule has 4 N–H and O–H groups in total. The largest absolute Gasteiger partial charge is 0.367 e. The SMILES string of the molecule is NS(=O)(=O)CCNc1ncnc2nc[nH]c12. The minimum Gasteiger partial charge on any atom is -0.367 e. The first kappa shape index (κ1) is 10.8. The molecule has 2 aromatic heterocycles. The van der Waals surface area contributed by atoms with E-state index in [1.807, 2.05) is 0 Å². The Bertz CT molecular complexity index is 592. The van der Waals surface area contributed by atoms with E-state index >= 15 is 0 Å². The van der Waals surface area contributed by atoms with Crippen LogP contribution in [-0.4, -0.2) is 40.7 Å². The van der Waals surface area contributed by atoms with Crippen LogP contribution in [0.5, 0.6) is 0 Å². The van der Waals surface area contributed by atoms with Crippen LogP contribution in [0.2, 0.25) is 0 Å². The van der Waals surface area contributed by atoms with E-state index in [-0.39, 0.29) is 12.3 Å². The van der Waals surface area contributed by atoms with E-state index < -0.39 is 10.0 Å². The van der Waals surface area contributed by atoms with E-state index in [0.29, 0.717) is 17.0 Å². The van der Waals surface area contributed by atoms with Crippen molar-refractivity contribution in [2.24, 2.45) is 5.14 Å². The smallest absolute Gasteiger partial charge is 0.210 e. The maximum absolute atomic E-state index is 10.7. The van der Waals surface area contributed by atoms with E-state index in [2.05, 4.69) is 25.3 Å². The van der Waals surface area contributed by atoms with E-state index in [4.69, 9.17) is 5.14 Å². The van der Waals surface area contributed by atoms with Crippen LogP contribution in [0, 0.1) is 0 Å². The topological polar surface area (TPSA) is 127 Å². The number of H-pyrrole nitrogens is 1. The normalized spacial score (nSPS) is 11.8. The summed E-state index contributed by atoms with van der Waals surface area (Å²) in [5.41, 5.74) is 1.16. The molecule has 0 bridgehead atoms. The van der Waals surface area contributed by atoms with Crippen LogP contribution >= 0.6 is 0 Å². The molecule has 0 unspecified atom stereocenters. The zero-order valence-corrected chi connectivity index (χ0v) is 9.03. The van der Waals surface area contributed by atoms with E-state index in [0.717, 1.165) is 0 Å². The van der Waals surface area contributed by atoms with Gasteiger partial charge >= 0.3 is 0 Å². The van der Waals surface area contributed by atoms with Crippen LogP contribution < -0.4 is 10.5 Å². The lowest BCUT2D eigenvalue weighted by atomic mass is 10.5. The van der Waals surface area contributed by atoms with Crippen molar-refractivity contribution in [3.8, 4) is 0 Å². The van der Waals surface area contributed by atoms with Gasteiger partial charge in [-0.2, -0.15) is 0 Å². The number of imidazole rings is 1. The maximum atomic E-state index is 10.7. The summed E-state index contributed by atoms with van der Waals surface area (Å²) in [5.74, 6) is 0.346. The Hall–Kier alpha value is -1.74. The van der Waals surface area contributed by atoms with Gasteiger partial charge in [-0.1, -0.05) is 0 Å². The van der Waals surface area contributed by atoms with Crippen LogP contribution in [0.3, 0.4) is 0 Å². The van der Waals surface area contributed by atoms with Crippen LogP contribution in [-0.2, 0) is 10.0 Å². The molecule has 2 rings (SSSR count). The van der Waals surface area contributed by atoms with Crippen molar-refractivity contribution in [2.75, 3.05) is 17.6 Å². The highest BCUT2D eigenvalue weighted by molar-refractivity contribution is 7.89. The number of aromatic nitrogens is 4. The molecule has 2 aromatic rings. The van der Waals surface area contributed by atoms with Crippen molar-refractivity contribution in [2.45, 2.75) is 0 Å². The summed E-state index contributed by atoms with van der Waals surface area (Å²) in [6.07, 6.45) is 2.84. The molecule has 0 spiro atoms. The third kappa shape index (κ3) is 2.44. The highest BCUT2D eigenvalue weighted by atomic mass is 32.2. The molecule has 0 fully saturated rings. The lowest BCUT2D eigenvalue weighted by Gasteiger charge is -2.04. The summed E-state index contributed by atoms with van der Waals surface area (Å²) in [6.45, 7) is 0.184.